The van der Waals surface area contributed by atoms with Gasteiger partial charge in [0, 0.05) is 26.1 Å². The van der Waals surface area contributed by atoms with Crippen molar-refractivity contribution in [1.29, 1.82) is 0 Å². The smallest absolute Gasteiger partial charge is 0.240 e. The van der Waals surface area contributed by atoms with Crippen LogP contribution in [0.3, 0.4) is 0 Å². The lowest BCUT2D eigenvalue weighted by molar-refractivity contribution is -0.0318. The molecule has 0 spiro atoms. The zero-order valence-corrected chi connectivity index (χ0v) is 12.1. The molecule has 1 aromatic heterocycles. The lowest BCUT2D eigenvalue weighted by atomic mass is 10.1. The summed E-state index contributed by atoms with van der Waals surface area (Å²) in [4.78, 5) is 6.74. The zero-order chi connectivity index (χ0) is 13.7. The highest BCUT2D eigenvalue weighted by Crippen LogP contribution is 2.10. The van der Waals surface area contributed by atoms with Crippen molar-refractivity contribution in [2.75, 3.05) is 33.3 Å². The van der Waals surface area contributed by atoms with Crippen LogP contribution in [0.2, 0.25) is 0 Å². The van der Waals surface area contributed by atoms with E-state index < -0.39 is 0 Å². The minimum atomic E-state index is 0.247. The van der Waals surface area contributed by atoms with Crippen LogP contribution in [-0.2, 0) is 17.7 Å². The Morgan fingerprint density at radius 3 is 3.05 bits per heavy atom. The molecule has 0 amide bonds. The van der Waals surface area contributed by atoms with E-state index in [-0.39, 0.29) is 6.10 Å². The topological polar surface area (TPSA) is 63.4 Å². The van der Waals surface area contributed by atoms with E-state index in [0.29, 0.717) is 18.4 Å². The molecular weight excluding hydrogens is 244 g/mol. The first-order valence-corrected chi connectivity index (χ1v) is 6.97. The summed E-state index contributed by atoms with van der Waals surface area (Å²) in [6.45, 7) is 8.48. The average Bonchev–Trinajstić information content (AvgIpc) is 2.76. The van der Waals surface area contributed by atoms with Gasteiger partial charge in [-0.1, -0.05) is 19.0 Å². The number of rotatable bonds is 6. The van der Waals surface area contributed by atoms with Crippen molar-refractivity contribution in [1.82, 2.24) is 20.4 Å². The standard InChI is InChI=1S/C13H24N4O2/c1-10(2)6-12-15-13(19-16-12)9-17-4-5-18-11(8-17)7-14-3/h10-11,14H,4-9H2,1-3H3. The van der Waals surface area contributed by atoms with Gasteiger partial charge >= 0.3 is 0 Å². The predicted octanol–water partition coefficient (Wildman–Crippen LogP) is 0.688. The Hall–Kier alpha value is -0.980. The van der Waals surface area contributed by atoms with Gasteiger partial charge in [-0.05, 0) is 13.0 Å². The van der Waals surface area contributed by atoms with Gasteiger partial charge in [-0.25, -0.2) is 0 Å². The first kappa shape index (κ1) is 14.4. The van der Waals surface area contributed by atoms with Crippen molar-refractivity contribution in [3.05, 3.63) is 11.7 Å². The minimum Gasteiger partial charge on any atom is -0.374 e. The molecule has 0 bridgehead atoms. The number of hydrogen-bond acceptors (Lipinski definition) is 6. The monoisotopic (exact) mass is 268 g/mol. The zero-order valence-electron chi connectivity index (χ0n) is 12.1. The van der Waals surface area contributed by atoms with Crippen LogP contribution in [0.4, 0.5) is 0 Å². The fourth-order valence-corrected chi connectivity index (χ4v) is 2.27. The van der Waals surface area contributed by atoms with E-state index in [9.17, 15) is 0 Å². The largest absolute Gasteiger partial charge is 0.374 e. The predicted molar refractivity (Wildman–Crippen MR) is 71.8 cm³/mol. The second kappa shape index (κ2) is 6.98. The number of aromatic nitrogens is 2. The maximum absolute atomic E-state index is 5.67. The van der Waals surface area contributed by atoms with Gasteiger partial charge < -0.3 is 14.6 Å². The average molecular weight is 268 g/mol. The molecule has 2 heterocycles. The second-order valence-electron chi connectivity index (χ2n) is 5.49. The van der Waals surface area contributed by atoms with Crippen LogP contribution in [0, 0.1) is 5.92 Å². The molecular formula is C13H24N4O2. The highest BCUT2D eigenvalue weighted by Gasteiger charge is 2.21. The molecule has 1 aliphatic rings. The van der Waals surface area contributed by atoms with Crippen molar-refractivity contribution >= 4 is 0 Å². The van der Waals surface area contributed by atoms with Gasteiger partial charge in [0.25, 0.3) is 0 Å². The third-order valence-corrected chi connectivity index (χ3v) is 3.11. The quantitative estimate of drug-likeness (QED) is 0.819. The third kappa shape index (κ3) is 4.56. The van der Waals surface area contributed by atoms with E-state index in [4.69, 9.17) is 9.26 Å². The Bertz CT molecular complexity index is 378. The van der Waals surface area contributed by atoms with Crippen molar-refractivity contribution in [3.63, 3.8) is 0 Å². The van der Waals surface area contributed by atoms with Crippen LogP contribution in [0.25, 0.3) is 0 Å². The molecule has 1 unspecified atom stereocenters. The molecule has 1 saturated heterocycles. The van der Waals surface area contributed by atoms with Crippen molar-refractivity contribution < 1.29 is 9.26 Å². The van der Waals surface area contributed by atoms with Crippen LogP contribution in [0.5, 0.6) is 0 Å². The maximum atomic E-state index is 5.67. The summed E-state index contributed by atoms with van der Waals surface area (Å²) in [5, 5.41) is 7.17. The van der Waals surface area contributed by atoms with Gasteiger partial charge in [-0.3, -0.25) is 4.90 Å². The van der Waals surface area contributed by atoms with Gasteiger partial charge in [0.05, 0.1) is 19.3 Å². The fraction of sp³-hybridized carbons (Fsp3) is 0.846. The van der Waals surface area contributed by atoms with Crippen molar-refractivity contribution in [3.8, 4) is 0 Å². The molecule has 1 N–H and O–H groups in total. The molecule has 19 heavy (non-hydrogen) atoms. The van der Waals surface area contributed by atoms with E-state index >= 15 is 0 Å². The molecule has 108 valence electrons. The molecule has 6 heteroatoms. The molecule has 0 aromatic carbocycles. The third-order valence-electron chi connectivity index (χ3n) is 3.11. The number of nitrogens with zero attached hydrogens (tertiary/aromatic N) is 3. The number of nitrogens with one attached hydrogen (secondary N) is 1. The molecule has 1 fully saturated rings. The summed E-state index contributed by atoms with van der Waals surface area (Å²) in [6.07, 6.45) is 1.12. The molecule has 0 radical (unpaired) electrons. The van der Waals surface area contributed by atoms with E-state index in [1.165, 1.54) is 0 Å². The van der Waals surface area contributed by atoms with Gasteiger partial charge in [-0.2, -0.15) is 4.98 Å². The molecule has 0 aliphatic carbocycles. The summed E-state index contributed by atoms with van der Waals surface area (Å²) >= 11 is 0. The molecule has 0 saturated carbocycles. The Morgan fingerprint density at radius 2 is 2.32 bits per heavy atom. The van der Waals surface area contributed by atoms with Gasteiger partial charge in [0.1, 0.15) is 0 Å². The fourth-order valence-electron chi connectivity index (χ4n) is 2.27. The van der Waals surface area contributed by atoms with Crippen LogP contribution in [0.1, 0.15) is 25.6 Å². The lowest BCUT2D eigenvalue weighted by Gasteiger charge is -2.31. The molecule has 1 aliphatic heterocycles. The van der Waals surface area contributed by atoms with E-state index in [2.05, 4.69) is 34.2 Å². The number of morpholine rings is 1. The Morgan fingerprint density at radius 1 is 1.47 bits per heavy atom. The summed E-state index contributed by atoms with van der Waals surface area (Å²) in [5.41, 5.74) is 0. The SMILES string of the molecule is CNCC1CN(Cc2nc(CC(C)C)no2)CCO1. The maximum Gasteiger partial charge on any atom is 0.240 e. The number of likely N-dealkylation sites (N-methyl/N-ethyl adjacent to an activating group) is 1. The molecule has 1 aromatic rings. The van der Waals surface area contributed by atoms with Gasteiger partial charge in [0.2, 0.25) is 5.89 Å². The first-order chi connectivity index (χ1) is 9.17. The Labute approximate surface area is 114 Å². The van der Waals surface area contributed by atoms with E-state index in [0.717, 1.165) is 38.5 Å². The molecule has 1 atom stereocenters. The van der Waals surface area contributed by atoms with E-state index in [1.54, 1.807) is 0 Å². The normalized spacial score (nSPS) is 21.2. The molecule has 6 nitrogen and oxygen atoms in total. The minimum absolute atomic E-state index is 0.247. The number of hydrogen-bond donors (Lipinski definition) is 1. The van der Waals surface area contributed by atoms with Gasteiger partial charge in [-0.15, -0.1) is 0 Å². The summed E-state index contributed by atoms with van der Waals surface area (Å²) in [7, 11) is 1.94. The van der Waals surface area contributed by atoms with Gasteiger partial charge in [0.15, 0.2) is 5.82 Å². The Balaban J connectivity index is 1.84. The first-order valence-electron chi connectivity index (χ1n) is 6.97. The second-order valence-corrected chi connectivity index (χ2v) is 5.49. The van der Waals surface area contributed by atoms with Crippen LogP contribution in [-0.4, -0.2) is 54.4 Å². The highest BCUT2D eigenvalue weighted by molar-refractivity contribution is 4.88. The van der Waals surface area contributed by atoms with Crippen molar-refractivity contribution in [2.45, 2.75) is 32.9 Å². The Kier molecular flexibility index (Phi) is 5.30. The summed E-state index contributed by atoms with van der Waals surface area (Å²) in [5.74, 6) is 2.07. The summed E-state index contributed by atoms with van der Waals surface area (Å²) < 4.78 is 11.0. The van der Waals surface area contributed by atoms with Crippen LogP contribution >= 0.6 is 0 Å². The van der Waals surface area contributed by atoms with Crippen LogP contribution < -0.4 is 5.32 Å². The highest BCUT2D eigenvalue weighted by atomic mass is 16.5. The number of ether oxygens (including phenoxy) is 1. The summed E-state index contributed by atoms with van der Waals surface area (Å²) in [6, 6.07) is 0. The lowest BCUT2D eigenvalue weighted by Crippen LogP contribution is -2.45. The van der Waals surface area contributed by atoms with Crippen molar-refractivity contribution in [2.24, 2.45) is 5.92 Å². The van der Waals surface area contributed by atoms with Crippen LogP contribution in [0.15, 0.2) is 4.52 Å². The molecule has 2 rings (SSSR count). The van der Waals surface area contributed by atoms with E-state index in [1.807, 2.05) is 7.05 Å².